The molecule has 120 valence electrons. The molecule has 23 heavy (non-hydrogen) atoms. The highest BCUT2D eigenvalue weighted by Gasteiger charge is 2.12. The normalized spacial score (nSPS) is 11.1. The Morgan fingerprint density at radius 2 is 1.35 bits per heavy atom. The standard InChI is InChI=1S/C20H23NO2/c1-20(2,3)13-14-21-19(23)17-11-9-16(10-12-17)18(22)15-7-5-4-6-8-15/h4-12H,13-14H2,1-3H3,(H,21,23). The number of carbonyl (C=O) groups excluding carboxylic acids is 2. The second-order valence-corrected chi connectivity index (χ2v) is 6.84. The van der Waals surface area contributed by atoms with E-state index >= 15 is 0 Å². The van der Waals surface area contributed by atoms with Gasteiger partial charge in [-0.1, -0.05) is 63.2 Å². The number of ketones is 1. The molecule has 2 aromatic carbocycles. The van der Waals surface area contributed by atoms with Crippen molar-refractivity contribution in [3.63, 3.8) is 0 Å². The number of hydrogen-bond acceptors (Lipinski definition) is 2. The summed E-state index contributed by atoms with van der Waals surface area (Å²) in [5, 5.41) is 2.91. The summed E-state index contributed by atoms with van der Waals surface area (Å²) in [5.41, 5.74) is 2.00. The molecule has 0 radical (unpaired) electrons. The summed E-state index contributed by atoms with van der Waals surface area (Å²) in [6.45, 7) is 7.07. The topological polar surface area (TPSA) is 46.2 Å². The van der Waals surface area contributed by atoms with E-state index in [2.05, 4.69) is 26.1 Å². The number of hydrogen-bond donors (Lipinski definition) is 1. The van der Waals surface area contributed by atoms with Gasteiger partial charge >= 0.3 is 0 Å². The molecule has 3 heteroatoms. The third kappa shape index (κ3) is 5.06. The summed E-state index contributed by atoms with van der Waals surface area (Å²) in [7, 11) is 0. The minimum absolute atomic E-state index is 0.0368. The van der Waals surface area contributed by atoms with Gasteiger partial charge in [0, 0.05) is 23.2 Å². The van der Waals surface area contributed by atoms with Gasteiger partial charge in [0.1, 0.15) is 0 Å². The van der Waals surface area contributed by atoms with Gasteiger partial charge in [0.2, 0.25) is 0 Å². The van der Waals surface area contributed by atoms with Crippen LogP contribution in [0, 0.1) is 5.41 Å². The molecule has 0 saturated heterocycles. The first-order chi connectivity index (χ1) is 10.9. The van der Waals surface area contributed by atoms with Crippen molar-refractivity contribution in [1.82, 2.24) is 5.32 Å². The molecule has 0 aliphatic carbocycles. The van der Waals surface area contributed by atoms with Gasteiger partial charge < -0.3 is 5.32 Å². The molecule has 2 aromatic rings. The molecule has 1 amide bonds. The van der Waals surface area contributed by atoms with E-state index in [4.69, 9.17) is 0 Å². The predicted molar refractivity (Wildman–Crippen MR) is 92.7 cm³/mol. The van der Waals surface area contributed by atoms with Crippen LogP contribution >= 0.6 is 0 Å². The van der Waals surface area contributed by atoms with Crippen molar-refractivity contribution in [2.45, 2.75) is 27.2 Å². The van der Waals surface area contributed by atoms with Crippen LogP contribution in [-0.4, -0.2) is 18.2 Å². The average molecular weight is 309 g/mol. The SMILES string of the molecule is CC(C)(C)CCNC(=O)c1ccc(C(=O)c2ccccc2)cc1. The summed E-state index contributed by atoms with van der Waals surface area (Å²) in [4.78, 5) is 24.4. The molecule has 0 spiro atoms. The highest BCUT2D eigenvalue weighted by Crippen LogP contribution is 2.17. The molecule has 2 rings (SSSR count). The van der Waals surface area contributed by atoms with Gasteiger partial charge in [-0.05, 0) is 24.0 Å². The third-order valence-electron chi connectivity index (χ3n) is 3.61. The Kier molecular flexibility index (Phi) is 5.32. The van der Waals surface area contributed by atoms with Gasteiger partial charge in [0.05, 0.1) is 0 Å². The summed E-state index contributed by atoms with van der Waals surface area (Å²) in [5.74, 6) is -0.141. The number of rotatable bonds is 5. The maximum absolute atomic E-state index is 12.3. The smallest absolute Gasteiger partial charge is 0.251 e. The van der Waals surface area contributed by atoms with Crippen molar-refractivity contribution in [3.8, 4) is 0 Å². The molecule has 0 fully saturated rings. The van der Waals surface area contributed by atoms with Gasteiger partial charge in [-0.25, -0.2) is 0 Å². The molecule has 1 N–H and O–H groups in total. The molecule has 0 aliphatic heterocycles. The van der Waals surface area contributed by atoms with Gasteiger partial charge in [-0.15, -0.1) is 0 Å². The zero-order valence-corrected chi connectivity index (χ0v) is 13.9. The monoisotopic (exact) mass is 309 g/mol. The van der Waals surface area contributed by atoms with Crippen molar-refractivity contribution < 1.29 is 9.59 Å². The Balaban J connectivity index is 1.99. The molecule has 0 saturated carbocycles. The van der Waals surface area contributed by atoms with E-state index < -0.39 is 0 Å². The van der Waals surface area contributed by atoms with Gasteiger partial charge in [-0.3, -0.25) is 9.59 Å². The van der Waals surface area contributed by atoms with Crippen LogP contribution in [0.1, 0.15) is 53.5 Å². The Morgan fingerprint density at radius 1 is 0.826 bits per heavy atom. The third-order valence-corrected chi connectivity index (χ3v) is 3.61. The number of benzene rings is 2. The van der Waals surface area contributed by atoms with E-state index in [-0.39, 0.29) is 17.1 Å². The Morgan fingerprint density at radius 3 is 1.91 bits per heavy atom. The summed E-state index contributed by atoms with van der Waals surface area (Å²) in [6.07, 6.45) is 0.920. The van der Waals surface area contributed by atoms with E-state index in [9.17, 15) is 9.59 Å². The fourth-order valence-corrected chi connectivity index (χ4v) is 2.18. The predicted octanol–water partition coefficient (Wildman–Crippen LogP) is 4.08. The Labute approximate surface area is 137 Å². The molecule has 0 atom stereocenters. The lowest BCUT2D eigenvalue weighted by Gasteiger charge is -2.18. The van der Waals surface area contributed by atoms with Gasteiger partial charge in [-0.2, -0.15) is 0 Å². The van der Waals surface area contributed by atoms with Crippen LogP contribution in [-0.2, 0) is 0 Å². The Bertz CT molecular complexity index is 667. The highest BCUT2D eigenvalue weighted by molar-refractivity contribution is 6.09. The first kappa shape index (κ1) is 16.9. The fraction of sp³-hybridized carbons (Fsp3) is 0.300. The average Bonchev–Trinajstić information content (AvgIpc) is 2.54. The van der Waals surface area contributed by atoms with E-state index in [0.717, 1.165) is 6.42 Å². The largest absolute Gasteiger partial charge is 0.352 e. The molecular formula is C20H23NO2. The van der Waals surface area contributed by atoms with Crippen molar-refractivity contribution in [3.05, 3.63) is 71.3 Å². The number of carbonyl (C=O) groups is 2. The lowest BCUT2D eigenvalue weighted by molar-refractivity contribution is 0.0948. The van der Waals surface area contributed by atoms with Gasteiger partial charge in [0.25, 0.3) is 5.91 Å². The van der Waals surface area contributed by atoms with E-state index in [1.807, 2.05) is 18.2 Å². The highest BCUT2D eigenvalue weighted by atomic mass is 16.1. The quantitative estimate of drug-likeness (QED) is 0.846. The fourth-order valence-electron chi connectivity index (χ4n) is 2.18. The van der Waals surface area contributed by atoms with Crippen LogP contribution in [0.5, 0.6) is 0 Å². The van der Waals surface area contributed by atoms with Crippen molar-refractivity contribution in [2.24, 2.45) is 5.41 Å². The van der Waals surface area contributed by atoms with Crippen LogP contribution in [0.2, 0.25) is 0 Å². The molecule has 3 nitrogen and oxygen atoms in total. The first-order valence-electron chi connectivity index (χ1n) is 7.85. The molecule has 0 bridgehead atoms. The summed E-state index contributed by atoms with van der Waals surface area (Å²) >= 11 is 0. The van der Waals surface area contributed by atoms with Crippen molar-refractivity contribution in [1.29, 1.82) is 0 Å². The Hall–Kier alpha value is -2.42. The minimum atomic E-state index is -0.104. The zero-order valence-electron chi connectivity index (χ0n) is 13.9. The molecule has 0 aromatic heterocycles. The second-order valence-electron chi connectivity index (χ2n) is 6.84. The first-order valence-corrected chi connectivity index (χ1v) is 7.85. The minimum Gasteiger partial charge on any atom is -0.352 e. The zero-order chi connectivity index (χ0) is 16.9. The van der Waals surface area contributed by atoms with Crippen molar-refractivity contribution >= 4 is 11.7 Å². The lowest BCUT2D eigenvalue weighted by atomic mass is 9.92. The van der Waals surface area contributed by atoms with Crippen LogP contribution in [0.15, 0.2) is 54.6 Å². The maximum Gasteiger partial charge on any atom is 0.251 e. The van der Waals surface area contributed by atoms with E-state index in [0.29, 0.717) is 23.2 Å². The molecule has 0 aliphatic rings. The van der Waals surface area contributed by atoms with Crippen LogP contribution in [0.25, 0.3) is 0 Å². The van der Waals surface area contributed by atoms with E-state index in [1.165, 1.54) is 0 Å². The van der Waals surface area contributed by atoms with Crippen molar-refractivity contribution in [2.75, 3.05) is 6.54 Å². The molecular weight excluding hydrogens is 286 g/mol. The summed E-state index contributed by atoms with van der Waals surface area (Å²) in [6, 6.07) is 15.9. The van der Waals surface area contributed by atoms with Gasteiger partial charge in [0.15, 0.2) is 5.78 Å². The molecule has 0 heterocycles. The van der Waals surface area contributed by atoms with Crippen LogP contribution in [0.4, 0.5) is 0 Å². The van der Waals surface area contributed by atoms with Crippen LogP contribution in [0.3, 0.4) is 0 Å². The number of amides is 1. The second kappa shape index (κ2) is 7.23. The van der Waals surface area contributed by atoms with Crippen LogP contribution < -0.4 is 5.32 Å². The number of nitrogens with one attached hydrogen (secondary N) is 1. The maximum atomic E-state index is 12.3. The lowest BCUT2D eigenvalue weighted by Crippen LogP contribution is -2.27. The molecule has 0 unspecified atom stereocenters. The van der Waals surface area contributed by atoms with E-state index in [1.54, 1.807) is 36.4 Å². The summed E-state index contributed by atoms with van der Waals surface area (Å²) < 4.78 is 0.